The molecule has 0 spiro atoms. The molecule has 2 aromatic heterocycles. The molecule has 0 aliphatic rings. The molecule has 4 rings (SSSR count). The maximum absolute atomic E-state index is 13.9. The zero-order valence-electron chi connectivity index (χ0n) is 15.3. The van der Waals surface area contributed by atoms with E-state index in [0.717, 1.165) is 16.6 Å². The van der Waals surface area contributed by atoms with Crippen molar-refractivity contribution < 1.29 is 14.3 Å². The number of halogens is 1. The van der Waals surface area contributed by atoms with E-state index in [4.69, 9.17) is 0 Å². The number of pyridine rings is 1. The van der Waals surface area contributed by atoms with Crippen LogP contribution in [-0.4, -0.2) is 25.8 Å². The highest BCUT2D eigenvalue weighted by molar-refractivity contribution is 5.89. The fourth-order valence-corrected chi connectivity index (χ4v) is 3.41. The lowest BCUT2D eigenvalue weighted by Gasteiger charge is -2.05. The standard InChI is InChI=1S/C22H18FN3O2/c1-14-3-2-4-15(9-14)13-26-21-6-5-17(23)11-19(21)20(25-26)10-16-12-24-8-7-18(16)22(27)28/h2-9,11-12H,10,13H2,1H3,(H,27,28). The molecule has 0 saturated heterocycles. The van der Waals surface area contributed by atoms with E-state index in [1.807, 2.05) is 29.8 Å². The van der Waals surface area contributed by atoms with E-state index in [9.17, 15) is 14.3 Å². The second-order valence-corrected chi connectivity index (χ2v) is 6.77. The third-order valence-corrected chi connectivity index (χ3v) is 4.70. The van der Waals surface area contributed by atoms with Gasteiger partial charge in [0.2, 0.25) is 0 Å². The molecule has 28 heavy (non-hydrogen) atoms. The minimum atomic E-state index is -1.02. The average molecular weight is 375 g/mol. The first-order valence-electron chi connectivity index (χ1n) is 8.88. The fraction of sp³-hybridized carbons (Fsp3) is 0.136. The van der Waals surface area contributed by atoms with Gasteiger partial charge in [0, 0.05) is 24.2 Å². The van der Waals surface area contributed by atoms with Crippen LogP contribution in [0.25, 0.3) is 10.9 Å². The highest BCUT2D eigenvalue weighted by Gasteiger charge is 2.16. The van der Waals surface area contributed by atoms with Crippen molar-refractivity contribution in [2.24, 2.45) is 0 Å². The number of aryl methyl sites for hydroxylation is 1. The summed E-state index contributed by atoms with van der Waals surface area (Å²) in [7, 11) is 0. The van der Waals surface area contributed by atoms with Crippen molar-refractivity contribution in [2.45, 2.75) is 19.9 Å². The van der Waals surface area contributed by atoms with Crippen LogP contribution in [0.15, 0.2) is 60.9 Å². The lowest BCUT2D eigenvalue weighted by molar-refractivity contribution is 0.0695. The van der Waals surface area contributed by atoms with E-state index < -0.39 is 5.97 Å². The molecule has 6 heteroatoms. The smallest absolute Gasteiger partial charge is 0.336 e. The minimum Gasteiger partial charge on any atom is -0.478 e. The summed E-state index contributed by atoms with van der Waals surface area (Å²) >= 11 is 0. The van der Waals surface area contributed by atoms with Crippen molar-refractivity contribution in [1.82, 2.24) is 14.8 Å². The number of benzene rings is 2. The number of nitrogens with zero attached hydrogens (tertiary/aromatic N) is 3. The third kappa shape index (κ3) is 3.49. The van der Waals surface area contributed by atoms with Gasteiger partial charge >= 0.3 is 5.97 Å². The Bertz CT molecular complexity index is 1180. The topological polar surface area (TPSA) is 68.0 Å². The van der Waals surface area contributed by atoms with Crippen molar-refractivity contribution in [3.63, 3.8) is 0 Å². The van der Waals surface area contributed by atoms with Crippen molar-refractivity contribution >= 4 is 16.9 Å². The molecule has 0 aliphatic heterocycles. The first-order valence-corrected chi connectivity index (χ1v) is 8.88. The van der Waals surface area contributed by atoms with Crippen LogP contribution in [0.1, 0.15) is 32.7 Å². The van der Waals surface area contributed by atoms with Gasteiger partial charge in [0.25, 0.3) is 0 Å². The quantitative estimate of drug-likeness (QED) is 0.567. The molecule has 1 N–H and O–H groups in total. The van der Waals surface area contributed by atoms with Crippen LogP contribution >= 0.6 is 0 Å². The molecule has 0 unspecified atom stereocenters. The molecule has 2 aromatic carbocycles. The first kappa shape index (κ1) is 17.9. The Labute approximate surface area is 161 Å². The van der Waals surface area contributed by atoms with E-state index in [2.05, 4.69) is 16.1 Å². The molecule has 140 valence electrons. The molecule has 0 saturated carbocycles. The number of rotatable bonds is 5. The largest absolute Gasteiger partial charge is 0.478 e. The summed E-state index contributed by atoms with van der Waals surface area (Å²) in [6.07, 6.45) is 3.23. The van der Waals surface area contributed by atoms with Crippen LogP contribution in [0.4, 0.5) is 4.39 Å². The van der Waals surface area contributed by atoms with Gasteiger partial charge in [-0.3, -0.25) is 9.67 Å². The zero-order chi connectivity index (χ0) is 19.7. The summed E-state index contributed by atoms with van der Waals surface area (Å²) in [5, 5.41) is 14.8. The van der Waals surface area contributed by atoms with Crippen LogP contribution in [0.3, 0.4) is 0 Å². The van der Waals surface area contributed by atoms with Gasteiger partial charge in [-0.1, -0.05) is 29.8 Å². The van der Waals surface area contributed by atoms with Crippen LogP contribution in [0, 0.1) is 12.7 Å². The van der Waals surface area contributed by atoms with Crippen LogP contribution < -0.4 is 0 Å². The number of hydrogen-bond acceptors (Lipinski definition) is 3. The number of carboxylic acids is 1. The van der Waals surface area contributed by atoms with Gasteiger partial charge in [-0.2, -0.15) is 5.10 Å². The molecule has 4 aromatic rings. The van der Waals surface area contributed by atoms with E-state index in [-0.39, 0.29) is 17.8 Å². The van der Waals surface area contributed by atoms with Gasteiger partial charge in [-0.05, 0) is 42.3 Å². The normalized spacial score (nSPS) is 11.1. The number of fused-ring (bicyclic) bond motifs is 1. The summed E-state index contributed by atoms with van der Waals surface area (Å²) in [4.78, 5) is 15.5. The predicted molar refractivity (Wildman–Crippen MR) is 104 cm³/mol. The number of aromatic nitrogens is 3. The second kappa shape index (κ2) is 7.23. The van der Waals surface area contributed by atoms with Gasteiger partial charge in [0.15, 0.2) is 0 Å². The minimum absolute atomic E-state index is 0.174. The van der Waals surface area contributed by atoms with Crippen LogP contribution in [0.5, 0.6) is 0 Å². The van der Waals surface area contributed by atoms with E-state index in [1.165, 1.54) is 30.6 Å². The molecule has 0 bridgehead atoms. The van der Waals surface area contributed by atoms with Crippen molar-refractivity contribution in [2.75, 3.05) is 0 Å². The third-order valence-electron chi connectivity index (χ3n) is 4.70. The predicted octanol–water partition coefficient (Wildman–Crippen LogP) is 4.22. The summed E-state index contributed by atoms with van der Waals surface area (Å²) in [6.45, 7) is 2.57. The van der Waals surface area contributed by atoms with Gasteiger partial charge < -0.3 is 5.11 Å². The van der Waals surface area contributed by atoms with E-state index in [1.54, 1.807) is 6.07 Å². The Morgan fingerprint density at radius 1 is 1.18 bits per heavy atom. The van der Waals surface area contributed by atoms with Gasteiger partial charge in [-0.25, -0.2) is 9.18 Å². The van der Waals surface area contributed by atoms with Crippen molar-refractivity contribution in [1.29, 1.82) is 0 Å². The number of hydrogen-bond donors (Lipinski definition) is 1. The number of aromatic carboxylic acids is 1. The average Bonchev–Trinajstić information content (AvgIpc) is 2.98. The molecule has 0 radical (unpaired) electrons. The summed E-state index contributed by atoms with van der Waals surface area (Å²) in [5.74, 6) is -1.37. The molecular formula is C22H18FN3O2. The monoisotopic (exact) mass is 375 g/mol. The van der Waals surface area contributed by atoms with Crippen LogP contribution in [-0.2, 0) is 13.0 Å². The Morgan fingerprint density at radius 3 is 2.82 bits per heavy atom. The van der Waals surface area contributed by atoms with Crippen molar-refractivity contribution in [3.8, 4) is 0 Å². The van der Waals surface area contributed by atoms with E-state index in [0.29, 0.717) is 23.2 Å². The highest BCUT2D eigenvalue weighted by atomic mass is 19.1. The SMILES string of the molecule is Cc1cccc(Cn2nc(Cc3cnccc3C(=O)O)c3cc(F)ccc32)c1. The first-order chi connectivity index (χ1) is 13.5. The van der Waals surface area contributed by atoms with Crippen LogP contribution in [0.2, 0.25) is 0 Å². The molecule has 0 fully saturated rings. The maximum Gasteiger partial charge on any atom is 0.336 e. The van der Waals surface area contributed by atoms with E-state index >= 15 is 0 Å². The molecule has 0 atom stereocenters. The molecule has 0 aliphatic carbocycles. The second-order valence-electron chi connectivity index (χ2n) is 6.77. The van der Waals surface area contributed by atoms with Gasteiger partial charge in [0.05, 0.1) is 23.3 Å². The lowest BCUT2D eigenvalue weighted by atomic mass is 10.0. The molecular weight excluding hydrogens is 357 g/mol. The number of carboxylic acid groups (broad SMARTS) is 1. The molecule has 0 amide bonds. The fourth-order valence-electron chi connectivity index (χ4n) is 3.41. The zero-order valence-corrected chi connectivity index (χ0v) is 15.3. The Morgan fingerprint density at radius 2 is 2.04 bits per heavy atom. The highest BCUT2D eigenvalue weighted by Crippen LogP contribution is 2.24. The molecule has 2 heterocycles. The Kier molecular flexibility index (Phi) is 4.61. The summed E-state index contributed by atoms with van der Waals surface area (Å²) in [6, 6.07) is 14.2. The van der Waals surface area contributed by atoms with Gasteiger partial charge in [-0.15, -0.1) is 0 Å². The Balaban J connectivity index is 1.79. The van der Waals surface area contributed by atoms with Gasteiger partial charge in [0.1, 0.15) is 5.82 Å². The summed E-state index contributed by atoms with van der Waals surface area (Å²) < 4.78 is 15.7. The lowest BCUT2D eigenvalue weighted by Crippen LogP contribution is -2.05. The maximum atomic E-state index is 13.9. The Hall–Kier alpha value is -3.54. The molecule has 5 nitrogen and oxygen atoms in total. The van der Waals surface area contributed by atoms with Crippen molar-refractivity contribution in [3.05, 3.63) is 94.7 Å². The summed E-state index contributed by atoms with van der Waals surface area (Å²) in [5.41, 5.74) is 4.39. The number of carbonyl (C=O) groups is 1.